The zero-order valence-corrected chi connectivity index (χ0v) is 22.2. The monoisotopic (exact) mass is 515 g/mol. The minimum absolute atomic E-state index is 0.0328. The van der Waals surface area contributed by atoms with E-state index in [1.165, 1.54) is 22.3 Å². The van der Waals surface area contributed by atoms with Crippen molar-refractivity contribution in [3.05, 3.63) is 126 Å². The van der Waals surface area contributed by atoms with E-state index < -0.39 is 0 Å². The molecule has 0 atom stereocenters. The Morgan fingerprint density at radius 3 is 2.20 bits per heavy atom. The second-order valence-corrected chi connectivity index (χ2v) is 10.9. The predicted molar refractivity (Wildman–Crippen MR) is 161 cm³/mol. The highest BCUT2D eigenvalue weighted by Crippen LogP contribution is 2.49. The van der Waals surface area contributed by atoms with E-state index in [9.17, 15) is 0 Å². The van der Waals surface area contributed by atoms with Crippen LogP contribution in [0.4, 0.5) is 0 Å². The third kappa shape index (κ3) is 3.43. The molecule has 0 saturated carbocycles. The molecular weight excluding hydrogens is 490 g/mol. The molecule has 0 unspecified atom stereocenters. The van der Waals surface area contributed by atoms with Crippen molar-refractivity contribution in [2.45, 2.75) is 19.3 Å². The fraction of sp³-hybridized carbons (Fsp3) is 0.0833. The lowest BCUT2D eigenvalue weighted by atomic mass is 9.82. The fourth-order valence-electron chi connectivity index (χ4n) is 6.06. The van der Waals surface area contributed by atoms with Crippen molar-refractivity contribution in [3.63, 3.8) is 0 Å². The molecule has 0 saturated heterocycles. The van der Waals surface area contributed by atoms with Crippen molar-refractivity contribution >= 4 is 22.0 Å². The number of aromatic nitrogens is 3. The van der Waals surface area contributed by atoms with Gasteiger partial charge in [-0.05, 0) is 64.7 Å². The van der Waals surface area contributed by atoms with Crippen molar-refractivity contribution in [1.29, 1.82) is 0 Å². The number of hydrogen-bond acceptors (Lipinski definition) is 4. The molecule has 0 amide bonds. The number of fused-ring (bicyclic) bond motifs is 5. The van der Waals surface area contributed by atoms with Crippen LogP contribution in [0, 0.1) is 0 Å². The van der Waals surface area contributed by atoms with Gasteiger partial charge in [0.15, 0.2) is 11.4 Å². The maximum Gasteiger partial charge on any atom is 0.227 e. The summed E-state index contributed by atoms with van der Waals surface area (Å²) in [6, 6.07) is 39.7. The smallest absolute Gasteiger partial charge is 0.227 e. The maximum absolute atomic E-state index is 6.04. The van der Waals surface area contributed by atoms with Crippen LogP contribution in [-0.2, 0) is 5.41 Å². The molecule has 8 rings (SSSR count). The second-order valence-electron chi connectivity index (χ2n) is 10.9. The van der Waals surface area contributed by atoms with Gasteiger partial charge in [-0.3, -0.25) is 0 Å². The number of nitrogens with zero attached hydrogens (tertiary/aromatic N) is 3. The fourth-order valence-corrected chi connectivity index (χ4v) is 6.06. The molecule has 5 aromatic carbocycles. The van der Waals surface area contributed by atoms with Gasteiger partial charge in [0.05, 0.1) is 11.2 Å². The first-order valence-electron chi connectivity index (χ1n) is 13.5. The molecule has 2 aromatic heterocycles. The Balaban J connectivity index is 1.29. The molecule has 1 aliphatic rings. The summed E-state index contributed by atoms with van der Waals surface area (Å²) >= 11 is 0. The molecule has 4 nitrogen and oxygen atoms in total. The third-order valence-electron chi connectivity index (χ3n) is 8.13. The largest absolute Gasteiger partial charge is 0.436 e. The van der Waals surface area contributed by atoms with Crippen molar-refractivity contribution < 1.29 is 4.42 Å². The van der Waals surface area contributed by atoms with Gasteiger partial charge in [-0.1, -0.05) is 86.6 Å². The van der Waals surface area contributed by atoms with Crippen molar-refractivity contribution in [3.8, 4) is 45.2 Å². The van der Waals surface area contributed by atoms with Crippen LogP contribution >= 0.6 is 0 Å². The highest BCUT2D eigenvalue weighted by molar-refractivity contribution is 5.96. The number of hydrogen-bond donors (Lipinski definition) is 0. The van der Waals surface area contributed by atoms with Crippen molar-refractivity contribution in [1.82, 2.24) is 15.0 Å². The zero-order chi connectivity index (χ0) is 26.8. The number of para-hydroxylation sites is 1. The van der Waals surface area contributed by atoms with E-state index in [-0.39, 0.29) is 5.41 Å². The highest BCUT2D eigenvalue weighted by atomic mass is 16.3. The molecule has 0 aliphatic heterocycles. The van der Waals surface area contributed by atoms with Crippen LogP contribution in [0.2, 0.25) is 0 Å². The summed E-state index contributed by atoms with van der Waals surface area (Å²) in [5.41, 5.74) is 11.6. The molecule has 7 aromatic rings. The van der Waals surface area contributed by atoms with Crippen LogP contribution < -0.4 is 0 Å². The molecule has 0 N–H and O–H groups in total. The van der Waals surface area contributed by atoms with Crippen LogP contribution in [0.5, 0.6) is 0 Å². The maximum atomic E-state index is 6.04. The van der Waals surface area contributed by atoms with Gasteiger partial charge in [-0.15, -0.1) is 0 Å². The Bertz CT molecular complexity index is 2090. The Kier molecular flexibility index (Phi) is 4.83. The van der Waals surface area contributed by atoms with E-state index in [1.807, 2.05) is 60.7 Å². The molecule has 0 spiro atoms. The molecule has 40 heavy (non-hydrogen) atoms. The van der Waals surface area contributed by atoms with Crippen LogP contribution in [0.25, 0.3) is 67.2 Å². The summed E-state index contributed by atoms with van der Waals surface area (Å²) < 4.78 is 6.04. The first-order valence-corrected chi connectivity index (χ1v) is 13.5. The van der Waals surface area contributed by atoms with E-state index in [4.69, 9.17) is 19.4 Å². The first kappa shape index (κ1) is 22.9. The van der Waals surface area contributed by atoms with Gasteiger partial charge in [0.2, 0.25) is 5.89 Å². The van der Waals surface area contributed by atoms with Crippen LogP contribution in [-0.4, -0.2) is 15.0 Å². The van der Waals surface area contributed by atoms with E-state index in [2.05, 4.69) is 68.4 Å². The first-order chi connectivity index (χ1) is 19.6. The minimum atomic E-state index is -0.0328. The zero-order valence-electron chi connectivity index (χ0n) is 22.2. The quantitative estimate of drug-likeness (QED) is 0.235. The lowest BCUT2D eigenvalue weighted by Crippen LogP contribution is -2.14. The van der Waals surface area contributed by atoms with Gasteiger partial charge in [0.1, 0.15) is 5.52 Å². The lowest BCUT2D eigenvalue weighted by Gasteiger charge is -2.21. The molecule has 1 aliphatic carbocycles. The Hall–Kier alpha value is -5.09. The average molecular weight is 516 g/mol. The van der Waals surface area contributed by atoms with Gasteiger partial charge < -0.3 is 4.42 Å². The van der Waals surface area contributed by atoms with Gasteiger partial charge in [-0.25, -0.2) is 15.0 Å². The lowest BCUT2D eigenvalue weighted by molar-refractivity contribution is 0.620. The van der Waals surface area contributed by atoms with E-state index >= 15 is 0 Å². The van der Waals surface area contributed by atoms with Gasteiger partial charge in [-0.2, -0.15) is 0 Å². The summed E-state index contributed by atoms with van der Waals surface area (Å²) in [7, 11) is 0. The van der Waals surface area contributed by atoms with Crippen LogP contribution in [0.3, 0.4) is 0 Å². The summed E-state index contributed by atoms with van der Waals surface area (Å²) in [5.74, 6) is 1.27. The number of rotatable bonds is 3. The number of oxazole rings is 1. The molecule has 2 heterocycles. The molecule has 190 valence electrons. The van der Waals surface area contributed by atoms with Gasteiger partial charge in [0.25, 0.3) is 0 Å². The Morgan fingerprint density at radius 2 is 1.30 bits per heavy atom. The normalized spacial score (nSPS) is 13.4. The van der Waals surface area contributed by atoms with E-state index in [0.717, 1.165) is 44.4 Å². The predicted octanol–water partition coefficient (Wildman–Crippen LogP) is 9.08. The summed E-state index contributed by atoms with van der Waals surface area (Å²) in [6.45, 7) is 4.61. The standard InChI is InChI=1S/C36H25N3O/c1-36(2)28-14-8-6-12-25(28)27-20-23(16-18-29(27)36)33-26-13-7-9-15-30(26)37-34(39-33)24-17-19-32-31(21-24)38-35(40-32)22-10-4-3-5-11-22/h3-21H,1-2H3. The van der Waals surface area contributed by atoms with Crippen LogP contribution in [0.15, 0.2) is 120 Å². The molecule has 0 bridgehead atoms. The SMILES string of the molecule is CC1(C)c2ccccc2-c2cc(-c3nc(-c4ccc5oc(-c6ccccc6)nc5c4)nc4ccccc34)ccc21. The van der Waals surface area contributed by atoms with Gasteiger partial charge >= 0.3 is 0 Å². The second kappa shape index (κ2) is 8.45. The summed E-state index contributed by atoms with van der Waals surface area (Å²) in [6.07, 6.45) is 0. The minimum Gasteiger partial charge on any atom is -0.436 e. The average Bonchev–Trinajstić information content (AvgIpc) is 3.53. The number of benzene rings is 5. The van der Waals surface area contributed by atoms with Crippen molar-refractivity contribution in [2.24, 2.45) is 0 Å². The summed E-state index contributed by atoms with van der Waals surface area (Å²) in [5, 5.41) is 1.03. The van der Waals surface area contributed by atoms with E-state index in [0.29, 0.717) is 11.7 Å². The van der Waals surface area contributed by atoms with Crippen LogP contribution in [0.1, 0.15) is 25.0 Å². The Morgan fingerprint density at radius 1 is 0.550 bits per heavy atom. The summed E-state index contributed by atoms with van der Waals surface area (Å²) in [4.78, 5) is 14.9. The van der Waals surface area contributed by atoms with Crippen molar-refractivity contribution in [2.75, 3.05) is 0 Å². The third-order valence-corrected chi connectivity index (χ3v) is 8.13. The molecule has 0 radical (unpaired) electrons. The molecule has 0 fully saturated rings. The molecule has 4 heteroatoms. The topological polar surface area (TPSA) is 51.8 Å². The van der Waals surface area contributed by atoms with E-state index in [1.54, 1.807) is 0 Å². The molecular formula is C36H25N3O. The highest BCUT2D eigenvalue weighted by Gasteiger charge is 2.35. The Labute approximate surface area is 232 Å². The van der Waals surface area contributed by atoms with Gasteiger partial charge in [0, 0.05) is 27.5 Å².